The Bertz CT molecular complexity index is 955. The van der Waals surface area contributed by atoms with Crippen LogP contribution in [0.15, 0.2) is 4.47 Å². The summed E-state index contributed by atoms with van der Waals surface area (Å²) in [6, 6.07) is 0. The van der Waals surface area contributed by atoms with E-state index in [4.69, 9.17) is 4.98 Å². The van der Waals surface area contributed by atoms with Crippen LogP contribution < -0.4 is 4.90 Å². The Labute approximate surface area is 163 Å². The fourth-order valence-corrected chi connectivity index (χ4v) is 5.51. The molecule has 0 radical (unpaired) electrons. The Kier molecular flexibility index (Phi) is 3.50. The van der Waals surface area contributed by atoms with E-state index in [0.717, 1.165) is 45.1 Å². The second kappa shape index (κ2) is 5.48. The van der Waals surface area contributed by atoms with Gasteiger partial charge in [0.1, 0.15) is 10.8 Å². The number of fused-ring (bicyclic) bond motifs is 2. The van der Waals surface area contributed by atoms with Crippen LogP contribution in [0.4, 0.5) is 10.2 Å². The molecule has 5 nitrogen and oxygen atoms in total. The molecule has 0 bridgehead atoms. The molecule has 0 spiro atoms. The lowest BCUT2D eigenvalue weighted by molar-refractivity contribution is 0.0815. The van der Waals surface area contributed by atoms with Gasteiger partial charge in [-0.05, 0) is 41.3 Å². The predicted octanol–water partition coefficient (Wildman–Crippen LogP) is 3.72. The molecule has 0 aromatic carbocycles. The van der Waals surface area contributed by atoms with Crippen molar-refractivity contribution in [1.29, 1.82) is 0 Å². The van der Waals surface area contributed by atoms with Crippen molar-refractivity contribution in [2.24, 2.45) is 0 Å². The molecular weight excluding hydrogens is 419 g/mol. The van der Waals surface area contributed by atoms with Gasteiger partial charge in [0.05, 0.1) is 34.5 Å². The molecule has 5 rings (SSSR count). The molecule has 1 saturated carbocycles. The zero-order valence-corrected chi connectivity index (χ0v) is 17.0. The summed E-state index contributed by atoms with van der Waals surface area (Å²) < 4.78 is 15.2. The van der Waals surface area contributed by atoms with E-state index in [2.05, 4.69) is 25.8 Å². The Morgan fingerprint density at radius 2 is 2.00 bits per heavy atom. The summed E-state index contributed by atoms with van der Waals surface area (Å²) in [6.07, 6.45) is 1.99. The number of hydrogen-bond donors (Lipinski definition) is 0. The van der Waals surface area contributed by atoms with E-state index >= 15 is 0 Å². The van der Waals surface area contributed by atoms with E-state index in [-0.39, 0.29) is 5.91 Å². The Balaban J connectivity index is 1.50. The number of pyridine rings is 1. The highest BCUT2D eigenvalue weighted by molar-refractivity contribution is 9.10. The lowest BCUT2D eigenvalue weighted by Gasteiger charge is -2.29. The number of halogens is 2. The van der Waals surface area contributed by atoms with Crippen molar-refractivity contribution in [2.75, 3.05) is 18.5 Å². The first-order chi connectivity index (χ1) is 12.4. The smallest absolute Gasteiger partial charge is 0.256 e. The number of carbonyl (C=O) groups is 1. The minimum Gasteiger partial charge on any atom is -0.350 e. The van der Waals surface area contributed by atoms with Crippen molar-refractivity contribution in [2.45, 2.75) is 44.9 Å². The summed E-state index contributed by atoms with van der Waals surface area (Å²) in [4.78, 5) is 26.7. The predicted molar refractivity (Wildman–Crippen MR) is 101 cm³/mol. The van der Waals surface area contributed by atoms with Gasteiger partial charge in [0.15, 0.2) is 5.67 Å². The van der Waals surface area contributed by atoms with Gasteiger partial charge >= 0.3 is 0 Å². The summed E-state index contributed by atoms with van der Waals surface area (Å²) in [5.74, 6) is 0.897. The minimum atomic E-state index is -1.17. The minimum absolute atomic E-state index is 0.0305. The second-order valence-electron chi connectivity index (χ2n) is 7.38. The standard InChI is InChI=1S/C18H18BrFN4OS/c1-9-13-11(7-23(2)16(13)25)21-15(14(9)19)24-6-3-10-12(8-24)26-17(22-10)18(20)4-5-18/h3-8H2,1-2H3. The topological polar surface area (TPSA) is 49.3 Å². The Morgan fingerprint density at radius 3 is 2.73 bits per heavy atom. The Hall–Kier alpha value is -1.54. The first kappa shape index (κ1) is 16.6. The summed E-state index contributed by atoms with van der Waals surface area (Å²) >= 11 is 5.16. The van der Waals surface area contributed by atoms with Crippen LogP contribution >= 0.6 is 27.3 Å². The van der Waals surface area contributed by atoms with Gasteiger partial charge in [-0.3, -0.25) is 4.79 Å². The third-order valence-electron chi connectivity index (χ3n) is 5.48. The van der Waals surface area contributed by atoms with Crippen molar-refractivity contribution < 1.29 is 9.18 Å². The molecule has 1 amide bonds. The van der Waals surface area contributed by atoms with Gasteiger partial charge in [0.25, 0.3) is 5.91 Å². The largest absolute Gasteiger partial charge is 0.350 e. The SMILES string of the molecule is Cc1c(Br)c(N2CCc3nc(C4(F)CC4)sc3C2)nc2c1C(=O)N(C)C2. The van der Waals surface area contributed by atoms with Crippen LogP contribution in [-0.4, -0.2) is 34.4 Å². The summed E-state index contributed by atoms with van der Waals surface area (Å²) in [7, 11) is 1.80. The molecule has 8 heteroatoms. The molecule has 0 atom stereocenters. The number of thiazole rings is 1. The molecular formula is C18H18BrFN4OS. The zero-order chi connectivity index (χ0) is 18.2. The van der Waals surface area contributed by atoms with Crippen molar-refractivity contribution in [3.8, 4) is 0 Å². The highest BCUT2D eigenvalue weighted by Gasteiger charge is 2.48. The van der Waals surface area contributed by atoms with Crippen molar-refractivity contribution >= 4 is 39.0 Å². The number of hydrogen-bond acceptors (Lipinski definition) is 5. The van der Waals surface area contributed by atoms with Crippen LogP contribution in [0, 0.1) is 6.92 Å². The molecule has 1 aliphatic carbocycles. The zero-order valence-electron chi connectivity index (χ0n) is 14.6. The van der Waals surface area contributed by atoms with E-state index in [1.807, 2.05) is 6.92 Å². The molecule has 0 saturated heterocycles. The fourth-order valence-electron chi connectivity index (χ4n) is 3.71. The maximum atomic E-state index is 14.4. The molecule has 0 N–H and O–H groups in total. The van der Waals surface area contributed by atoms with Crippen molar-refractivity contribution in [3.63, 3.8) is 0 Å². The van der Waals surface area contributed by atoms with E-state index in [1.54, 1.807) is 11.9 Å². The van der Waals surface area contributed by atoms with E-state index in [0.29, 0.717) is 36.5 Å². The fraction of sp³-hybridized carbons (Fsp3) is 0.500. The second-order valence-corrected chi connectivity index (χ2v) is 9.26. The number of nitrogens with zero attached hydrogens (tertiary/aromatic N) is 4. The number of rotatable bonds is 2. The first-order valence-electron chi connectivity index (χ1n) is 8.75. The third-order valence-corrected chi connectivity index (χ3v) is 7.69. The molecule has 3 aliphatic rings. The Morgan fingerprint density at radius 1 is 1.23 bits per heavy atom. The van der Waals surface area contributed by atoms with Crippen LogP contribution in [0.25, 0.3) is 0 Å². The molecule has 2 aliphatic heterocycles. The van der Waals surface area contributed by atoms with Crippen molar-refractivity contribution in [3.05, 3.63) is 36.9 Å². The maximum Gasteiger partial charge on any atom is 0.256 e. The summed E-state index contributed by atoms with van der Waals surface area (Å²) in [5.41, 5.74) is 2.37. The molecule has 136 valence electrons. The monoisotopic (exact) mass is 436 g/mol. The molecule has 2 aromatic rings. The van der Waals surface area contributed by atoms with Gasteiger partial charge in [0, 0.05) is 24.9 Å². The highest BCUT2D eigenvalue weighted by atomic mass is 79.9. The van der Waals surface area contributed by atoms with Crippen LogP contribution in [0.3, 0.4) is 0 Å². The van der Waals surface area contributed by atoms with Crippen LogP contribution in [0.5, 0.6) is 0 Å². The third kappa shape index (κ3) is 2.34. The van der Waals surface area contributed by atoms with Crippen molar-refractivity contribution in [1.82, 2.24) is 14.9 Å². The number of anilines is 1. The molecule has 0 unspecified atom stereocenters. The van der Waals surface area contributed by atoms with Gasteiger partial charge in [-0.15, -0.1) is 11.3 Å². The highest BCUT2D eigenvalue weighted by Crippen LogP contribution is 2.51. The molecule has 1 fully saturated rings. The van der Waals surface area contributed by atoms with E-state index < -0.39 is 5.67 Å². The van der Waals surface area contributed by atoms with E-state index in [1.165, 1.54) is 11.3 Å². The van der Waals surface area contributed by atoms with Gasteiger partial charge in [-0.25, -0.2) is 14.4 Å². The summed E-state index contributed by atoms with van der Waals surface area (Å²) in [6.45, 7) is 3.99. The molecule has 26 heavy (non-hydrogen) atoms. The van der Waals surface area contributed by atoms with Gasteiger partial charge in [0.2, 0.25) is 0 Å². The molecule has 4 heterocycles. The lowest BCUT2D eigenvalue weighted by Crippen LogP contribution is -2.31. The average Bonchev–Trinajstić information content (AvgIpc) is 3.11. The lowest BCUT2D eigenvalue weighted by atomic mass is 10.1. The quantitative estimate of drug-likeness (QED) is 0.719. The van der Waals surface area contributed by atoms with Gasteiger partial charge < -0.3 is 9.80 Å². The van der Waals surface area contributed by atoms with E-state index in [9.17, 15) is 9.18 Å². The average molecular weight is 437 g/mol. The number of amides is 1. The number of aromatic nitrogens is 2. The first-order valence-corrected chi connectivity index (χ1v) is 10.4. The van der Waals surface area contributed by atoms with Crippen LogP contribution in [-0.2, 0) is 25.2 Å². The number of carbonyl (C=O) groups excluding carboxylic acids is 1. The maximum absolute atomic E-state index is 14.4. The van der Waals surface area contributed by atoms with Crippen LogP contribution in [0.1, 0.15) is 50.0 Å². The normalized spacial score (nSPS) is 20.4. The number of alkyl halides is 1. The van der Waals surface area contributed by atoms with Gasteiger partial charge in [-0.2, -0.15) is 0 Å². The van der Waals surface area contributed by atoms with Crippen LogP contribution in [0.2, 0.25) is 0 Å². The summed E-state index contributed by atoms with van der Waals surface area (Å²) in [5, 5.41) is 0.647. The van der Waals surface area contributed by atoms with Gasteiger partial charge in [-0.1, -0.05) is 0 Å². The molecule has 2 aromatic heterocycles.